The quantitative estimate of drug-likeness (QED) is 0.730. The maximum atomic E-state index is 12.6. The van der Waals surface area contributed by atoms with E-state index >= 15 is 0 Å². The minimum absolute atomic E-state index is 0.116. The van der Waals surface area contributed by atoms with E-state index in [9.17, 15) is 18.0 Å². The van der Waals surface area contributed by atoms with Crippen LogP contribution in [0.3, 0.4) is 0 Å². The molecule has 1 N–H and O–H groups in total. The highest BCUT2D eigenvalue weighted by atomic mass is 32.2. The molecule has 0 spiro atoms. The number of carbonyl (C=O) groups excluding carboxylic acids is 2. The van der Waals surface area contributed by atoms with E-state index in [0.717, 1.165) is 11.1 Å². The van der Waals surface area contributed by atoms with Gasteiger partial charge in [0.2, 0.25) is 15.9 Å². The molecule has 30 heavy (non-hydrogen) atoms. The zero-order valence-electron chi connectivity index (χ0n) is 18.3. The lowest BCUT2D eigenvalue weighted by molar-refractivity contribution is -0.116. The first-order valence-electron chi connectivity index (χ1n) is 9.64. The van der Waals surface area contributed by atoms with Crippen LogP contribution < -0.4 is 5.32 Å². The fourth-order valence-corrected chi connectivity index (χ4v) is 4.16. The largest absolute Gasteiger partial charge is 0.332 e. The number of amides is 2. The molecule has 0 heterocycles. The molecule has 162 valence electrons. The predicted molar refractivity (Wildman–Crippen MR) is 118 cm³/mol. The van der Waals surface area contributed by atoms with Gasteiger partial charge < -0.3 is 10.2 Å². The third-order valence-electron chi connectivity index (χ3n) is 5.11. The Morgan fingerprint density at radius 2 is 1.60 bits per heavy atom. The molecule has 7 nitrogen and oxygen atoms in total. The topological polar surface area (TPSA) is 86.8 Å². The summed E-state index contributed by atoms with van der Waals surface area (Å²) in [5.41, 5.74) is 3.06. The van der Waals surface area contributed by atoms with Crippen LogP contribution in [0, 0.1) is 13.8 Å². The molecule has 8 heteroatoms. The molecular weight excluding hydrogens is 402 g/mol. The lowest BCUT2D eigenvalue weighted by atomic mass is 10.1. The zero-order valence-corrected chi connectivity index (χ0v) is 19.1. The van der Waals surface area contributed by atoms with Gasteiger partial charge in [0.05, 0.1) is 11.4 Å². The maximum absolute atomic E-state index is 12.6. The number of rotatable bonds is 7. The van der Waals surface area contributed by atoms with Gasteiger partial charge in [-0.1, -0.05) is 12.1 Å². The van der Waals surface area contributed by atoms with Crippen LogP contribution in [-0.4, -0.2) is 56.1 Å². The molecule has 2 amide bonds. The zero-order chi connectivity index (χ0) is 22.6. The smallest absolute Gasteiger partial charge is 0.254 e. The van der Waals surface area contributed by atoms with E-state index in [0.29, 0.717) is 11.3 Å². The predicted octanol–water partition coefficient (Wildman–Crippen LogP) is 3.04. The van der Waals surface area contributed by atoms with Crippen LogP contribution in [0.1, 0.15) is 35.3 Å². The minimum atomic E-state index is -3.62. The van der Waals surface area contributed by atoms with Crippen LogP contribution in [0.25, 0.3) is 0 Å². The van der Waals surface area contributed by atoms with Crippen molar-refractivity contribution in [3.63, 3.8) is 0 Å². The standard InChI is InChI=1S/C22H29N3O4S/c1-15(2)25(6)30(28,29)19-12-10-18(11-13-19)22(27)24(5)14-21(26)23-20-9-7-8-16(3)17(20)4/h7-13,15H,14H2,1-6H3,(H,23,26). The SMILES string of the molecule is Cc1cccc(NC(=O)CN(C)C(=O)c2ccc(S(=O)(=O)N(C)C(C)C)cc2)c1C. The number of sulfonamides is 1. The van der Waals surface area contributed by atoms with Crippen molar-refractivity contribution in [2.45, 2.75) is 38.6 Å². The number of hydrogen-bond donors (Lipinski definition) is 1. The van der Waals surface area contributed by atoms with Crippen LogP contribution in [0.15, 0.2) is 47.4 Å². The Bertz CT molecular complexity index is 1030. The molecule has 0 aromatic heterocycles. The molecule has 0 unspecified atom stereocenters. The Balaban J connectivity index is 2.07. The number of nitrogens with one attached hydrogen (secondary N) is 1. The highest BCUT2D eigenvalue weighted by molar-refractivity contribution is 7.89. The Hall–Kier alpha value is -2.71. The summed E-state index contributed by atoms with van der Waals surface area (Å²) in [5.74, 6) is -0.676. The first-order valence-corrected chi connectivity index (χ1v) is 11.1. The van der Waals surface area contributed by atoms with Crippen molar-refractivity contribution >= 4 is 27.5 Å². The van der Waals surface area contributed by atoms with Gasteiger partial charge in [-0.25, -0.2) is 8.42 Å². The minimum Gasteiger partial charge on any atom is -0.332 e. The molecule has 0 aliphatic heterocycles. The molecule has 2 aromatic rings. The number of aryl methyl sites for hydroxylation is 1. The third kappa shape index (κ3) is 5.25. The summed E-state index contributed by atoms with van der Waals surface area (Å²) in [6.07, 6.45) is 0. The van der Waals surface area contributed by atoms with Crippen molar-refractivity contribution in [3.05, 3.63) is 59.2 Å². The van der Waals surface area contributed by atoms with Crippen molar-refractivity contribution in [1.82, 2.24) is 9.21 Å². The molecule has 0 atom stereocenters. The van der Waals surface area contributed by atoms with Crippen LogP contribution >= 0.6 is 0 Å². The first-order chi connectivity index (χ1) is 13.9. The lowest BCUT2D eigenvalue weighted by Gasteiger charge is -2.21. The highest BCUT2D eigenvalue weighted by Crippen LogP contribution is 2.19. The number of hydrogen-bond acceptors (Lipinski definition) is 4. The van der Waals surface area contributed by atoms with Gasteiger partial charge in [0.15, 0.2) is 0 Å². The van der Waals surface area contributed by atoms with Gasteiger partial charge in [-0.05, 0) is 69.2 Å². The van der Waals surface area contributed by atoms with Crippen LogP contribution in [0.4, 0.5) is 5.69 Å². The molecule has 0 aliphatic carbocycles. The molecule has 0 radical (unpaired) electrons. The Morgan fingerprint density at radius 3 is 2.17 bits per heavy atom. The summed E-state index contributed by atoms with van der Waals surface area (Å²) >= 11 is 0. The summed E-state index contributed by atoms with van der Waals surface area (Å²) in [6.45, 7) is 7.33. The van der Waals surface area contributed by atoms with E-state index in [1.54, 1.807) is 13.8 Å². The molecule has 2 aromatic carbocycles. The number of nitrogens with zero attached hydrogens (tertiary/aromatic N) is 2. The second-order valence-corrected chi connectivity index (χ2v) is 9.59. The van der Waals surface area contributed by atoms with Crippen LogP contribution in [0.2, 0.25) is 0 Å². The van der Waals surface area contributed by atoms with E-state index in [1.165, 1.54) is 47.6 Å². The van der Waals surface area contributed by atoms with Crippen molar-refractivity contribution in [1.29, 1.82) is 0 Å². The van der Waals surface area contributed by atoms with Gasteiger partial charge in [-0.2, -0.15) is 4.31 Å². The van der Waals surface area contributed by atoms with E-state index in [2.05, 4.69) is 5.32 Å². The van der Waals surface area contributed by atoms with E-state index in [-0.39, 0.29) is 29.3 Å². The monoisotopic (exact) mass is 431 g/mol. The van der Waals surface area contributed by atoms with Gasteiger partial charge in [0.25, 0.3) is 5.91 Å². The van der Waals surface area contributed by atoms with Gasteiger partial charge in [-0.3, -0.25) is 9.59 Å². The van der Waals surface area contributed by atoms with Crippen molar-refractivity contribution in [2.75, 3.05) is 26.0 Å². The highest BCUT2D eigenvalue weighted by Gasteiger charge is 2.23. The normalized spacial score (nSPS) is 11.6. The average molecular weight is 432 g/mol. The molecule has 0 bridgehead atoms. The summed E-state index contributed by atoms with van der Waals surface area (Å²) in [7, 11) is -0.573. The van der Waals surface area contributed by atoms with Crippen molar-refractivity contribution in [3.8, 4) is 0 Å². The van der Waals surface area contributed by atoms with Crippen LogP contribution in [0.5, 0.6) is 0 Å². The molecule has 0 aliphatic rings. The summed E-state index contributed by atoms with van der Waals surface area (Å²) < 4.78 is 26.3. The molecule has 0 fully saturated rings. The number of anilines is 1. The Labute approximate surface area is 178 Å². The number of likely N-dealkylation sites (N-methyl/N-ethyl adjacent to an activating group) is 1. The maximum Gasteiger partial charge on any atom is 0.254 e. The summed E-state index contributed by atoms with van der Waals surface area (Å²) in [4.78, 5) is 26.4. The van der Waals surface area contributed by atoms with E-state index < -0.39 is 10.0 Å². The van der Waals surface area contributed by atoms with Crippen LogP contribution in [-0.2, 0) is 14.8 Å². The van der Waals surface area contributed by atoms with Gasteiger partial charge >= 0.3 is 0 Å². The van der Waals surface area contributed by atoms with E-state index in [1.807, 2.05) is 32.0 Å². The first kappa shape index (κ1) is 23.6. The Kier molecular flexibility index (Phi) is 7.39. The number of carbonyl (C=O) groups is 2. The second-order valence-electron chi connectivity index (χ2n) is 7.60. The Morgan fingerprint density at radius 1 is 1.00 bits per heavy atom. The lowest BCUT2D eigenvalue weighted by Crippen LogP contribution is -2.35. The molecule has 0 saturated heterocycles. The average Bonchev–Trinajstić information content (AvgIpc) is 2.70. The second kappa shape index (κ2) is 9.40. The van der Waals surface area contributed by atoms with Gasteiger partial charge in [0, 0.05) is 31.4 Å². The van der Waals surface area contributed by atoms with E-state index in [4.69, 9.17) is 0 Å². The molecule has 2 rings (SSSR count). The van der Waals surface area contributed by atoms with Crippen molar-refractivity contribution < 1.29 is 18.0 Å². The fraction of sp³-hybridized carbons (Fsp3) is 0.364. The summed E-state index contributed by atoms with van der Waals surface area (Å²) in [5, 5.41) is 2.82. The third-order valence-corrected chi connectivity index (χ3v) is 7.16. The summed E-state index contributed by atoms with van der Waals surface area (Å²) in [6, 6.07) is 11.2. The van der Waals surface area contributed by atoms with Crippen molar-refractivity contribution in [2.24, 2.45) is 0 Å². The fourth-order valence-electron chi connectivity index (χ4n) is 2.80. The number of benzene rings is 2. The molecule has 0 saturated carbocycles. The van der Waals surface area contributed by atoms with Gasteiger partial charge in [-0.15, -0.1) is 0 Å². The van der Waals surface area contributed by atoms with Gasteiger partial charge in [0.1, 0.15) is 0 Å². The molecular formula is C22H29N3O4S.